The second kappa shape index (κ2) is 7.78. The molecule has 2 rings (SSSR count). The first kappa shape index (κ1) is 16.3. The topological polar surface area (TPSA) is 39.2 Å². The molecule has 3 nitrogen and oxygen atoms in total. The SMILES string of the molecule is CCOC(=O)CCc1csc(Cc2c(Cl)cccc2Cl)n1. The van der Waals surface area contributed by atoms with E-state index in [-0.39, 0.29) is 5.97 Å². The van der Waals surface area contributed by atoms with Crippen LogP contribution in [0.15, 0.2) is 23.6 Å². The van der Waals surface area contributed by atoms with Gasteiger partial charge in [-0.15, -0.1) is 11.3 Å². The van der Waals surface area contributed by atoms with Crippen molar-refractivity contribution in [3.63, 3.8) is 0 Å². The molecule has 0 saturated carbocycles. The van der Waals surface area contributed by atoms with Gasteiger partial charge in [0, 0.05) is 28.3 Å². The van der Waals surface area contributed by atoms with Crippen molar-refractivity contribution in [1.29, 1.82) is 0 Å². The highest BCUT2D eigenvalue weighted by atomic mass is 35.5. The molecule has 112 valence electrons. The second-order valence-corrected chi connectivity index (χ2v) is 6.17. The Morgan fingerprint density at radius 1 is 1.33 bits per heavy atom. The van der Waals surface area contributed by atoms with Gasteiger partial charge in [-0.05, 0) is 24.6 Å². The molecule has 0 fully saturated rings. The standard InChI is InChI=1S/C15H15Cl2NO2S/c1-2-20-15(19)7-6-10-9-21-14(18-10)8-11-12(16)4-3-5-13(11)17/h3-5,9H,2,6-8H2,1H3. The lowest BCUT2D eigenvalue weighted by atomic mass is 10.1. The third-order valence-electron chi connectivity index (χ3n) is 2.88. The van der Waals surface area contributed by atoms with Crippen molar-refractivity contribution in [2.75, 3.05) is 6.61 Å². The maximum atomic E-state index is 11.3. The average Bonchev–Trinajstić information content (AvgIpc) is 2.89. The summed E-state index contributed by atoms with van der Waals surface area (Å²) >= 11 is 13.9. The fourth-order valence-corrected chi connectivity index (χ4v) is 3.23. The molecule has 0 aliphatic carbocycles. The Hall–Kier alpha value is -1.10. The zero-order valence-electron chi connectivity index (χ0n) is 11.6. The number of carbonyl (C=O) groups is 1. The number of thiazole rings is 1. The van der Waals surface area contributed by atoms with Crippen LogP contribution in [0.1, 0.15) is 29.6 Å². The van der Waals surface area contributed by atoms with Gasteiger partial charge in [0.25, 0.3) is 0 Å². The minimum atomic E-state index is -0.193. The molecular formula is C15H15Cl2NO2S. The number of hydrogen-bond donors (Lipinski definition) is 0. The van der Waals surface area contributed by atoms with E-state index in [9.17, 15) is 4.79 Å². The molecule has 0 N–H and O–H groups in total. The quantitative estimate of drug-likeness (QED) is 0.723. The Labute approximate surface area is 137 Å². The number of aryl methyl sites for hydroxylation is 1. The fourth-order valence-electron chi connectivity index (χ4n) is 1.86. The van der Waals surface area contributed by atoms with Crippen LogP contribution in [-0.2, 0) is 22.4 Å². The normalized spacial score (nSPS) is 10.6. The first-order valence-electron chi connectivity index (χ1n) is 6.62. The number of rotatable bonds is 6. The summed E-state index contributed by atoms with van der Waals surface area (Å²) in [6.07, 6.45) is 1.54. The van der Waals surface area contributed by atoms with E-state index in [0.29, 0.717) is 35.9 Å². The number of esters is 1. The highest BCUT2D eigenvalue weighted by molar-refractivity contribution is 7.09. The minimum Gasteiger partial charge on any atom is -0.466 e. The summed E-state index contributed by atoms with van der Waals surface area (Å²) in [5.74, 6) is -0.193. The third-order valence-corrected chi connectivity index (χ3v) is 4.49. The van der Waals surface area contributed by atoms with Crippen molar-refractivity contribution in [2.24, 2.45) is 0 Å². The Kier molecular flexibility index (Phi) is 6.03. The Balaban J connectivity index is 1.99. The van der Waals surface area contributed by atoms with Crippen molar-refractivity contribution in [3.8, 4) is 0 Å². The van der Waals surface area contributed by atoms with Crippen molar-refractivity contribution < 1.29 is 9.53 Å². The van der Waals surface area contributed by atoms with Crippen LogP contribution in [0, 0.1) is 0 Å². The number of hydrogen-bond acceptors (Lipinski definition) is 4. The number of aromatic nitrogens is 1. The second-order valence-electron chi connectivity index (χ2n) is 4.41. The van der Waals surface area contributed by atoms with Gasteiger partial charge in [-0.2, -0.15) is 0 Å². The van der Waals surface area contributed by atoms with Crippen molar-refractivity contribution >= 4 is 40.5 Å². The number of ether oxygens (including phenoxy) is 1. The van der Waals surface area contributed by atoms with Gasteiger partial charge in [0.1, 0.15) is 0 Å². The van der Waals surface area contributed by atoms with Crippen LogP contribution in [0.25, 0.3) is 0 Å². The van der Waals surface area contributed by atoms with E-state index in [1.807, 2.05) is 23.6 Å². The molecule has 1 aromatic carbocycles. The van der Waals surface area contributed by atoms with E-state index in [4.69, 9.17) is 27.9 Å². The molecule has 21 heavy (non-hydrogen) atoms. The summed E-state index contributed by atoms with van der Waals surface area (Å²) < 4.78 is 4.90. The van der Waals surface area contributed by atoms with Crippen molar-refractivity contribution in [1.82, 2.24) is 4.98 Å². The van der Waals surface area contributed by atoms with Gasteiger partial charge in [0.05, 0.1) is 23.7 Å². The van der Waals surface area contributed by atoms with Crippen LogP contribution in [-0.4, -0.2) is 17.6 Å². The van der Waals surface area contributed by atoms with Crippen LogP contribution in [0.5, 0.6) is 0 Å². The third kappa shape index (κ3) is 4.70. The molecule has 0 atom stereocenters. The molecule has 2 aromatic rings. The first-order chi connectivity index (χ1) is 10.1. The van der Waals surface area contributed by atoms with Gasteiger partial charge in [0.2, 0.25) is 0 Å². The minimum absolute atomic E-state index is 0.193. The monoisotopic (exact) mass is 343 g/mol. The smallest absolute Gasteiger partial charge is 0.306 e. The highest BCUT2D eigenvalue weighted by Gasteiger charge is 2.10. The molecule has 1 aromatic heterocycles. The number of carbonyl (C=O) groups excluding carboxylic acids is 1. The summed E-state index contributed by atoms with van der Waals surface area (Å²) in [7, 11) is 0. The maximum absolute atomic E-state index is 11.3. The summed E-state index contributed by atoms with van der Waals surface area (Å²) in [4.78, 5) is 15.8. The lowest BCUT2D eigenvalue weighted by Gasteiger charge is -2.04. The largest absolute Gasteiger partial charge is 0.466 e. The molecule has 0 unspecified atom stereocenters. The summed E-state index contributed by atoms with van der Waals surface area (Å²) in [6.45, 7) is 2.21. The van der Waals surface area contributed by atoms with Gasteiger partial charge < -0.3 is 4.74 Å². The molecule has 1 heterocycles. The lowest BCUT2D eigenvalue weighted by molar-refractivity contribution is -0.143. The van der Waals surface area contributed by atoms with E-state index in [0.717, 1.165) is 16.3 Å². The van der Waals surface area contributed by atoms with E-state index in [1.54, 1.807) is 18.3 Å². The maximum Gasteiger partial charge on any atom is 0.306 e. The molecular weight excluding hydrogens is 329 g/mol. The van der Waals surface area contributed by atoms with Crippen LogP contribution < -0.4 is 0 Å². The number of nitrogens with zero attached hydrogens (tertiary/aromatic N) is 1. The van der Waals surface area contributed by atoms with Gasteiger partial charge >= 0.3 is 5.97 Å². The van der Waals surface area contributed by atoms with Crippen LogP contribution in [0.2, 0.25) is 10.0 Å². The van der Waals surface area contributed by atoms with Crippen LogP contribution in [0.4, 0.5) is 0 Å². The van der Waals surface area contributed by atoms with Crippen molar-refractivity contribution in [2.45, 2.75) is 26.2 Å². The molecule has 0 aliphatic rings. The molecule has 0 aliphatic heterocycles. The van der Waals surface area contributed by atoms with E-state index in [2.05, 4.69) is 4.98 Å². The molecule has 0 saturated heterocycles. The van der Waals surface area contributed by atoms with E-state index >= 15 is 0 Å². The van der Waals surface area contributed by atoms with Crippen LogP contribution in [0.3, 0.4) is 0 Å². The molecule has 0 bridgehead atoms. The number of halogens is 2. The van der Waals surface area contributed by atoms with E-state index < -0.39 is 0 Å². The average molecular weight is 344 g/mol. The number of benzene rings is 1. The first-order valence-corrected chi connectivity index (χ1v) is 8.25. The van der Waals surface area contributed by atoms with Gasteiger partial charge in [-0.1, -0.05) is 29.3 Å². The Morgan fingerprint density at radius 2 is 2.05 bits per heavy atom. The molecule has 0 spiro atoms. The van der Waals surface area contributed by atoms with Crippen molar-refractivity contribution in [3.05, 3.63) is 49.9 Å². The summed E-state index contributed by atoms with van der Waals surface area (Å²) in [5.41, 5.74) is 1.78. The van der Waals surface area contributed by atoms with E-state index in [1.165, 1.54) is 0 Å². The van der Waals surface area contributed by atoms with Gasteiger partial charge in [-0.3, -0.25) is 4.79 Å². The highest BCUT2D eigenvalue weighted by Crippen LogP contribution is 2.27. The fraction of sp³-hybridized carbons (Fsp3) is 0.333. The Morgan fingerprint density at radius 3 is 2.71 bits per heavy atom. The molecule has 0 radical (unpaired) electrons. The zero-order chi connectivity index (χ0) is 15.2. The predicted molar refractivity (Wildman–Crippen MR) is 86.3 cm³/mol. The summed E-state index contributed by atoms with van der Waals surface area (Å²) in [6, 6.07) is 5.46. The van der Waals surface area contributed by atoms with Crippen LogP contribution >= 0.6 is 34.5 Å². The van der Waals surface area contributed by atoms with Gasteiger partial charge in [-0.25, -0.2) is 4.98 Å². The lowest BCUT2D eigenvalue weighted by Crippen LogP contribution is -2.05. The Bertz CT molecular complexity index is 608. The van der Waals surface area contributed by atoms with Gasteiger partial charge in [0.15, 0.2) is 0 Å². The predicted octanol–water partition coefficient (Wildman–Crippen LogP) is 4.54. The molecule has 0 amide bonds. The molecule has 6 heteroatoms. The zero-order valence-corrected chi connectivity index (χ0v) is 13.9. The summed E-state index contributed by atoms with van der Waals surface area (Å²) in [5, 5.41) is 4.18.